The summed E-state index contributed by atoms with van der Waals surface area (Å²) < 4.78 is 32.9. The zero-order valence-electron chi connectivity index (χ0n) is 18.6. The quantitative estimate of drug-likeness (QED) is 0.360. The van der Waals surface area contributed by atoms with E-state index in [9.17, 15) is 19.2 Å². The van der Waals surface area contributed by atoms with E-state index in [1.165, 1.54) is 27.7 Å². The van der Waals surface area contributed by atoms with E-state index in [0.717, 1.165) is 0 Å². The van der Waals surface area contributed by atoms with Gasteiger partial charge in [-0.25, -0.2) is 0 Å². The molecule has 0 aromatic heterocycles. The lowest BCUT2D eigenvalue weighted by molar-refractivity contribution is -0.259. The molecule has 0 aliphatic carbocycles. The van der Waals surface area contributed by atoms with Crippen molar-refractivity contribution in [1.82, 2.24) is 0 Å². The maximum atomic E-state index is 11.8. The number of hydrogen-bond acceptors (Lipinski definition) is 10. The molecule has 0 N–H and O–H groups in total. The predicted molar refractivity (Wildman–Crippen MR) is 112 cm³/mol. The van der Waals surface area contributed by atoms with Crippen LogP contribution in [-0.2, 0) is 38.1 Å². The van der Waals surface area contributed by atoms with Crippen molar-refractivity contribution in [3.8, 4) is 11.5 Å². The van der Waals surface area contributed by atoms with Gasteiger partial charge < -0.3 is 28.4 Å². The Kier molecular flexibility index (Phi) is 7.49. The lowest BCUT2D eigenvalue weighted by atomic mass is 10.0. The molecule has 0 unspecified atom stereocenters. The first-order chi connectivity index (χ1) is 15.7. The molecule has 0 saturated carbocycles. The highest BCUT2D eigenvalue weighted by atomic mass is 16.7. The van der Waals surface area contributed by atoms with Crippen molar-refractivity contribution < 1.29 is 47.6 Å². The summed E-state index contributed by atoms with van der Waals surface area (Å²) in [5, 5.41) is 1.21. The standard InChI is InChI=1S/C23H24O10/c1-12(24)29-18-9-5-8-17-16(18)7-6-10-19(17)33-23-22(32-15(4)27)21(31-14(3)26)20(11-28-23)30-13(2)25/h5-10,20-23H,11H2,1-4H3/t20-,21+,22-,23+/m1/s1. The Hall–Kier alpha value is -3.66. The smallest absolute Gasteiger partial charge is 0.308 e. The van der Waals surface area contributed by atoms with Crippen LogP contribution in [-0.4, -0.2) is 55.1 Å². The molecule has 1 fully saturated rings. The maximum absolute atomic E-state index is 11.8. The van der Waals surface area contributed by atoms with E-state index in [1.807, 2.05) is 0 Å². The summed E-state index contributed by atoms with van der Waals surface area (Å²) in [4.78, 5) is 46.5. The van der Waals surface area contributed by atoms with Gasteiger partial charge in [0.1, 0.15) is 11.5 Å². The fourth-order valence-electron chi connectivity index (χ4n) is 3.53. The fraction of sp³-hybridized carbons (Fsp3) is 0.391. The van der Waals surface area contributed by atoms with Crippen LogP contribution in [0, 0.1) is 0 Å². The summed E-state index contributed by atoms with van der Waals surface area (Å²) in [6.07, 6.45) is -4.57. The number of rotatable bonds is 6. The van der Waals surface area contributed by atoms with Crippen LogP contribution in [0.25, 0.3) is 10.8 Å². The first-order valence-electron chi connectivity index (χ1n) is 10.2. The third-order valence-corrected chi connectivity index (χ3v) is 4.64. The second-order valence-electron chi connectivity index (χ2n) is 7.32. The minimum absolute atomic E-state index is 0.163. The van der Waals surface area contributed by atoms with Gasteiger partial charge in [-0.05, 0) is 12.1 Å². The normalized spacial score (nSPS) is 22.2. The maximum Gasteiger partial charge on any atom is 0.308 e. The molecule has 10 nitrogen and oxygen atoms in total. The van der Waals surface area contributed by atoms with Gasteiger partial charge in [0.05, 0.1) is 6.61 Å². The Balaban J connectivity index is 1.96. The Bertz CT molecular complexity index is 1060. The average Bonchev–Trinajstić information content (AvgIpc) is 2.71. The third-order valence-electron chi connectivity index (χ3n) is 4.64. The van der Waals surface area contributed by atoms with E-state index in [4.69, 9.17) is 28.4 Å². The number of carbonyl (C=O) groups excluding carboxylic acids is 4. The van der Waals surface area contributed by atoms with Crippen molar-refractivity contribution in [2.45, 2.75) is 52.3 Å². The molecule has 2 aromatic carbocycles. The lowest BCUT2D eigenvalue weighted by Crippen LogP contribution is -2.59. The van der Waals surface area contributed by atoms with Crippen molar-refractivity contribution in [1.29, 1.82) is 0 Å². The van der Waals surface area contributed by atoms with Crippen LogP contribution in [0.2, 0.25) is 0 Å². The zero-order valence-corrected chi connectivity index (χ0v) is 18.6. The van der Waals surface area contributed by atoms with Crippen LogP contribution in [0.1, 0.15) is 27.7 Å². The largest absolute Gasteiger partial charge is 0.460 e. The summed E-state index contributed by atoms with van der Waals surface area (Å²) in [7, 11) is 0. The van der Waals surface area contributed by atoms with E-state index in [2.05, 4.69) is 0 Å². The molecule has 1 heterocycles. The molecule has 2 aromatic rings. The number of esters is 4. The summed E-state index contributed by atoms with van der Waals surface area (Å²) in [6, 6.07) is 10.2. The number of fused-ring (bicyclic) bond motifs is 1. The van der Waals surface area contributed by atoms with E-state index >= 15 is 0 Å². The van der Waals surface area contributed by atoms with Gasteiger partial charge >= 0.3 is 23.9 Å². The Morgan fingerprint density at radius 1 is 0.727 bits per heavy atom. The molecule has 1 saturated heterocycles. The van der Waals surface area contributed by atoms with Gasteiger partial charge in [-0.1, -0.05) is 24.3 Å². The van der Waals surface area contributed by atoms with Gasteiger partial charge in [0.2, 0.25) is 12.4 Å². The SMILES string of the molecule is CC(=O)Oc1cccc2c(O[C@@H]3OC[C@@H](OC(C)=O)[C@H](OC(C)=O)[C@H]3OC(C)=O)cccc12. The molecule has 3 rings (SSSR count). The number of benzene rings is 2. The van der Waals surface area contributed by atoms with E-state index in [-0.39, 0.29) is 6.61 Å². The van der Waals surface area contributed by atoms with Gasteiger partial charge in [-0.3, -0.25) is 19.2 Å². The molecule has 0 radical (unpaired) electrons. The van der Waals surface area contributed by atoms with Crippen molar-refractivity contribution in [2.75, 3.05) is 6.61 Å². The summed E-state index contributed by atoms with van der Waals surface area (Å²) in [5.74, 6) is -1.73. The van der Waals surface area contributed by atoms with Crippen LogP contribution in [0.4, 0.5) is 0 Å². The van der Waals surface area contributed by atoms with Gasteiger partial charge in [0.15, 0.2) is 12.2 Å². The molecule has 10 heteroatoms. The zero-order chi connectivity index (χ0) is 24.1. The van der Waals surface area contributed by atoms with Gasteiger partial charge in [-0.2, -0.15) is 0 Å². The van der Waals surface area contributed by atoms with Crippen LogP contribution in [0.3, 0.4) is 0 Å². The molecule has 33 heavy (non-hydrogen) atoms. The van der Waals surface area contributed by atoms with Crippen LogP contribution in [0.5, 0.6) is 11.5 Å². The molecular weight excluding hydrogens is 436 g/mol. The Morgan fingerprint density at radius 2 is 1.27 bits per heavy atom. The average molecular weight is 460 g/mol. The number of carbonyl (C=O) groups is 4. The molecule has 176 valence electrons. The summed E-state index contributed by atoms with van der Waals surface area (Å²) >= 11 is 0. The molecule has 0 amide bonds. The highest BCUT2D eigenvalue weighted by Gasteiger charge is 2.48. The lowest BCUT2D eigenvalue weighted by Gasteiger charge is -2.40. The van der Waals surface area contributed by atoms with Gasteiger partial charge in [0.25, 0.3) is 0 Å². The second kappa shape index (κ2) is 10.3. The second-order valence-corrected chi connectivity index (χ2v) is 7.32. The monoisotopic (exact) mass is 460 g/mol. The topological polar surface area (TPSA) is 124 Å². The molecule has 1 aliphatic rings. The van der Waals surface area contributed by atoms with Crippen LogP contribution < -0.4 is 9.47 Å². The predicted octanol–water partition coefficient (Wildman–Crippen LogP) is 2.30. The van der Waals surface area contributed by atoms with Crippen molar-refractivity contribution in [2.24, 2.45) is 0 Å². The Labute approximate surface area is 189 Å². The van der Waals surface area contributed by atoms with Crippen LogP contribution in [0.15, 0.2) is 36.4 Å². The molecule has 0 spiro atoms. The van der Waals surface area contributed by atoms with Gasteiger partial charge in [0, 0.05) is 38.5 Å². The third kappa shape index (κ3) is 5.98. The van der Waals surface area contributed by atoms with E-state index in [0.29, 0.717) is 22.3 Å². The Morgan fingerprint density at radius 3 is 1.85 bits per heavy atom. The van der Waals surface area contributed by atoms with Gasteiger partial charge in [-0.15, -0.1) is 0 Å². The first-order valence-corrected chi connectivity index (χ1v) is 10.2. The molecule has 0 bridgehead atoms. The van der Waals surface area contributed by atoms with Crippen molar-refractivity contribution in [3.63, 3.8) is 0 Å². The first kappa shape index (κ1) is 24.0. The summed E-state index contributed by atoms with van der Waals surface area (Å²) in [5.41, 5.74) is 0. The number of ether oxygens (including phenoxy) is 6. The molecular formula is C23H24O10. The summed E-state index contributed by atoms with van der Waals surface area (Å²) in [6.45, 7) is 4.70. The van der Waals surface area contributed by atoms with E-state index in [1.54, 1.807) is 36.4 Å². The minimum atomic E-state index is -1.23. The minimum Gasteiger partial charge on any atom is -0.460 e. The van der Waals surface area contributed by atoms with E-state index < -0.39 is 48.5 Å². The molecule has 4 atom stereocenters. The highest BCUT2D eigenvalue weighted by molar-refractivity contribution is 5.94. The van der Waals surface area contributed by atoms with Crippen molar-refractivity contribution in [3.05, 3.63) is 36.4 Å². The van der Waals surface area contributed by atoms with Crippen molar-refractivity contribution >= 4 is 34.6 Å². The molecule has 1 aliphatic heterocycles. The fourth-order valence-corrected chi connectivity index (χ4v) is 3.53. The van der Waals surface area contributed by atoms with Crippen LogP contribution >= 0.6 is 0 Å². The highest BCUT2D eigenvalue weighted by Crippen LogP contribution is 2.34. The number of hydrogen-bond donors (Lipinski definition) is 0.